The lowest BCUT2D eigenvalue weighted by atomic mass is 9.78. The molecule has 3 fully saturated rings. The molecule has 0 N–H and O–H groups in total. The molecule has 0 aromatic heterocycles. The van der Waals surface area contributed by atoms with Gasteiger partial charge in [0.25, 0.3) is 6.10 Å². The van der Waals surface area contributed by atoms with Crippen molar-refractivity contribution < 1.29 is 59.7 Å². The van der Waals surface area contributed by atoms with Crippen LogP contribution in [0.25, 0.3) is 0 Å². The van der Waals surface area contributed by atoms with Gasteiger partial charge >= 0.3 is 30.3 Å². The van der Waals surface area contributed by atoms with E-state index in [0.717, 1.165) is 6.08 Å². The van der Waals surface area contributed by atoms with E-state index in [1.165, 1.54) is 0 Å². The van der Waals surface area contributed by atoms with Crippen LogP contribution in [0.2, 0.25) is 0 Å². The van der Waals surface area contributed by atoms with Gasteiger partial charge in [-0.25, -0.2) is 4.79 Å². The van der Waals surface area contributed by atoms with Gasteiger partial charge in [-0.05, 0) is 0 Å². The molecule has 27 heavy (non-hydrogen) atoms. The zero-order valence-corrected chi connectivity index (χ0v) is 13.0. The fraction of sp³-hybridized carbons (Fsp3) is 0.643. The summed E-state index contributed by atoms with van der Waals surface area (Å²) in [5.74, 6) is -7.33. The van der Waals surface area contributed by atoms with E-state index in [2.05, 4.69) is 11.3 Å². The molecular weight excluding hydrogens is 394 g/mol. The molecule has 0 spiro atoms. The topological polar surface area (TPSA) is 88.1 Å². The van der Waals surface area contributed by atoms with Crippen molar-refractivity contribution in [3.63, 3.8) is 0 Å². The number of carbonyl (C=O) groups is 3. The molecule has 3 saturated heterocycles. The van der Waals surface area contributed by atoms with E-state index >= 15 is 0 Å². The standard InChI is InChI=1S/C14H10F6O7/c1-2-3(21)24-8-6-5(4-7(25-6)9(8)26-10(4)22)11(23)27-12(13(15,16)17)14(18,19)20/h2,4-9,12H,1H2. The minimum atomic E-state index is -5.92. The molecule has 150 valence electrons. The first-order valence-corrected chi connectivity index (χ1v) is 7.39. The summed E-state index contributed by atoms with van der Waals surface area (Å²) in [7, 11) is 0. The average Bonchev–Trinajstić information content (AvgIpc) is 3.13. The highest BCUT2D eigenvalue weighted by Crippen LogP contribution is 2.52. The highest BCUT2D eigenvalue weighted by atomic mass is 19.4. The molecule has 3 aliphatic heterocycles. The van der Waals surface area contributed by atoms with Gasteiger partial charge in [0.1, 0.15) is 24.0 Å². The predicted octanol–water partition coefficient (Wildman–Crippen LogP) is 1.06. The molecule has 2 bridgehead atoms. The van der Waals surface area contributed by atoms with Crippen LogP contribution in [0.1, 0.15) is 0 Å². The monoisotopic (exact) mass is 404 g/mol. The van der Waals surface area contributed by atoms with Crippen molar-refractivity contribution in [2.75, 3.05) is 0 Å². The maximum absolute atomic E-state index is 12.6. The lowest BCUT2D eigenvalue weighted by molar-refractivity contribution is -0.314. The Morgan fingerprint density at radius 3 is 2.19 bits per heavy atom. The Hall–Kier alpha value is -2.31. The largest absolute Gasteiger partial charge is 0.455 e. The molecule has 3 heterocycles. The van der Waals surface area contributed by atoms with Crippen molar-refractivity contribution in [2.45, 2.75) is 42.9 Å². The van der Waals surface area contributed by atoms with Crippen molar-refractivity contribution in [1.29, 1.82) is 0 Å². The van der Waals surface area contributed by atoms with Gasteiger partial charge in [0.05, 0.1) is 0 Å². The minimum absolute atomic E-state index is 0.733. The molecule has 0 aliphatic carbocycles. The normalized spacial score (nSPS) is 34.6. The molecule has 3 rings (SSSR count). The van der Waals surface area contributed by atoms with Crippen molar-refractivity contribution in [3.05, 3.63) is 12.7 Å². The first-order valence-electron chi connectivity index (χ1n) is 7.39. The van der Waals surface area contributed by atoms with Crippen LogP contribution in [0.3, 0.4) is 0 Å². The Kier molecular flexibility index (Phi) is 4.40. The SMILES string of the molecule is C=CC(=O)OC1C2OC(=O)C3C2OC1C3C(=O)OC(C(F)(F)F)C(F)(F)F. The van der Waals surface area contributed by atoms with Gasteiger partial charge in [-0.2, -0.15) is 26.3 Å². The maximum atomic E-state index is 12.6. The average molecular weight is 404 g/mol. The number of esters is 3. The van der Waals surface area contributed by atoms with Crippen LogP contribution in [-0.4, -0.2) is 60.8 Å². The van der Waals surface area contributed by atoms with Crippen molar-refractivity contribution in [2.24, 2.45) is 11.8 Å². The molecule has 0 amide bonds. The quantitative estimate of drug-likeness (QED) is 0.300. The Morgan fingerprint density at radius 2 is 1.67 bits per heavy atom. The summed E-state index contributed by atoms with van der Waals surface area (Å²) >= 11 is 0. The third-order valence-corrected chi connectivity index (χ3v) is 4.42. The van der Waals surface area contributed by atoms with Crippen molar-refractivity contribution in [1.82, 2.24) is 0 Å². The summed E-state index contributed by atoms with van der Waals surface area (Å²) in [6.45, 7) is 3.12. The van der Waals surface area contributed by atoms with Gasteiger partial charge < -0.3 is 18.9 Å². The van der Waals surface area contributed by atoms with E-state index < -0.39 is 72.6 Å². The molecule has 6 unspecified atom stereocenters. The zero-order valence-electron chi connectivity index (χ0n) is 13.0. The number of hydrogen-bond donors (Lipinski definition) is 0. The number of hydrogen-bond acceptors (Lipinski definition) is 7. The minimum Gasteiger partial charge on any atom is -0.455 e. The zero-order chi connectivity index (χ0) is 20.3. The summed E-state index contributed by atoms with van der Waals surface area (Å²) in [5.41, 5.74) is 0. The van der Waals surface area contributed by atoms with Gasteiger partial charge in [0.15, 0.2) is 12.2 Å². The van der Waals surface area contributed by atoms with Gasteiger partial charge in [0.2, 0.25) is 0 Å². The van der Waals surface area contributed by atoms with Crippen LogP contribution in [0.15, 0.2) is 12.7 Å². The summed E-state index contributed by atoms with van der Waals surface area (Å²) < 4.78 is 94.3. The number of alkyl halides is 6. The predicted molar refractivity (Wildman–Crippen MR) is 67.6 cm³/mol. The smallest absolute Gasteiger partial charge is 0.434 e. The van der Waals surface area contributed by atoms with Crippen molar-refractivity contribution in [3.8, 4) is 0 Å². The number of rotatable bonds is 4. The third kappa shape index (κ3) is 3.13. The molecular formula is C14H10F6O7. The van der Waals surface area contributed by atoms with Gasteiger partial charge in [0, 0.05) is 6.08 Å². The van der Waals surface area contributed by atoms with Crippen LogP contribution >= 0.6 is 0 Å². The molecule has 0 radical (unpaired) electrons. The molecule has 3 aliphatic rings. The number of carbonyl (C=O) groups excluding carboxylic acids is 3. The second-order valence-electron chi connectivity index (χ2n) is 6.02. The Labute approximate surface area is 146 Å². The van der Waals surface area contributed by atoms with E-state index in [1.807, 2.05) is 0 Å². The van der Waals surface area contributed by atoms with E-state index in [4.69, 9.17) is 14.2 Å². The molecule has 6 atom stereocenters. The highest BCUT2D eigenvalue weighted by Gasteiger charge is 2.73. The van der Waals surface area contributed by atoms with Crippen LogP contribution < -0.4 is 0 Å². The third-order valence-electron chi connectivity index (χ3n) is 4.42. The molecule has 13 heteroatoms. The van der Waals surface area contributed by atoms with Crippen LogP contribution in [0.4, 0.5) is 26.3 Å². The number of fused-ring (bicyclic) bond motifs is 1. The van der Waals surface area contributed by atoms with E-state index in [0.29, 0.717) is 0 Å². The van der Waals surface area contributed by atoms with Gasteiger partial charge in [-0.3, -0.25) is 9.59 Å². The van der Waals surface area contributed by atoms with Crippen LogP contribution in [0, 0.1) is 11.8 Å². The fourth-order valence-electron chi connectivity index (χ4n) is 3.44. The second kappa shape index (κ2) is 6.11. The summed E-state index contributed by atoms with van der Waals surface area (Å²) in [4.78, 5) is 35.3. The summed E-state index contributed by atoms with van der Waals surface area (Å²) in [6.07, 6.45) is -20.6. The molecule has 0 saturated carbocycles. The lowest BCUT2D eigenvalue weighted by Crippen LogP contribution is -2.51. The number of ether oxygens (including phenoxy) is 4. The van der Waals surface area contributed by atoms with Gasteiger partial charge in [-0.15, -0.1) is 0 Å². The number of halogens is 6. The Bertz CT molecular complexity index is 672. The fourth-order valence-corrected chi connectivity index (χ4v) is 3.44. The van der Waals surface area contributed by atoms with Crippen molar-refractivity contribution >= 4 is 17.9 Å². The van der Waals surface area contributed by atoms with Gasteiger partial charge in [-0.1, -0.05) is 6.58 Å². The molecule has 0 aromatic carbocycles. The highest BCUT2D eigenvalue weighted by molar-refractivity contribution is 5.87. The van der Waals surface area contributed by atoms with E-state index in [9.17, 15) is 40.7 Å². The maximum Gasteiger partial charge on any atom is 0.434 e. The summed E-state index contributed by atoms with van der Waals surface area (Å²) in [6, 6.07) is 0. The van der Waals surface area contributed by atoms with Crippen LogP contribution in [-0.2, 0) is 33.3 Å². The van der Waals surface area contributed by atoms with E-state index in [1.54, 1.807) is 0 Å². The molecule has 0 aromatic rings. The first kappa shape index (κ1) is 19.5. The molecule has 7 nitrogen and oxygen atoms in total. The summed E-state index contributed by atoms with van der Waals surface area (Å²) in [5, 5.41) is 0. The van der Waals surface area contributed by atoms with E-state index in [-0.39, 0.29) is 0 Å². The Morgan fingerprint density at radius 1 is 1.07 bits per heavy atom. The second-order valence-corrected chi connectivity index (χ2v) is 6.02. The Balaban J connectivity index is 1.85. The van der Waals surface area contributed by atoms with Crippen LogP contribution in [0.5, 0.6) is 0 Å². The lowest BCUT2D eigenvalue weighted by Gasteiger charge is -2.29. The first-order chi connectivity index (χ1) is 12.4.